The molecule has 0 unspecified atom stereocenters. The number of alkyl halides is 3. The number of benzene rings is 2. The van der Waals surface area contributed by atoms with Gasteiger partial charge in [-0.15, -0.1) is 0 Å². The Balaban J connectivity index is 1.62. The minimum Gasteiger partial charge on any atom is -0.465 e. The predicted octanol–water partition coefficient (Wildman–Crippen LogP) is 5.96. The van der Waals surface area contributed by atoms with Crippen molar-refractivity contribution in [1.82, 2.24) is 19.6 Å². The van der Waals surface area contributed by atoms with E-state index in [1.165, 1.54) is 54.4 Å². The predicted molar refractivity (Wildman–Crippen MR) is 137 cm³/mol. The fraction of sp³-hybridized carbons (Fsp3) is 0.107. The number of esters is 1. The number of carbonyl (C=O) groups excluding carboxylic acids is 2. The van der Waals surface area contributed by atoms with E-state index in [2.05, 4.69) is 20.4 Å². The molecule has 1 amide bonds. The highest BCUT2D eigenvalue weighted by Gasteiger charge is 2.31. The van der Waals surface area contributed by atoms with Gasteiger partial charge in [-0.2, -0.15) is 18.3 Å². The first kappa shape index (κ1) is 26.5. The average molecular weight is 549 g/mol. The maximum atomic E-state index is 14.1. The molecule has 0 fully saturated rings. The summed E-state index contributed by atoms with van der Waals surface area (Å²) in [6.45, 7) is 1.60. The fourth-order valence-electron chi connectivity index (χ4n) is 4.14. The van der Waals surface area contributed by atoms with Gasteiger partial charge in [-0.1, -0.05) is 6.07 Å². The lowest BCUT2D eigenvalue weighted by molar-refractivity contribution is -0.137. The van der Waals surface area contributed by atoms with Crippen LogP contribution in [0.4, 0.5) is 23.4 Å². The Hall–Kier alpha value is -5.13. The van der Waals surface area contributed by atoms with Crippen LogP contribution in [0.15, 0.2) is 73.1 Å². The first-order valence-electron chi connectivity index (χ1n) is 11.7. The van der Waals surface area contributed by atoms with Crippen LogP contribution in [-0.4, -0.2) is 38.6 Å². The molecule has 202 valence electrons. The van der Waals surface area contributed by atoms with Crippen molar-refractivity contribution in [2.75, 3.05) is 12.4 Å². The summed E-state index contributed by atoms with van der Waals surface area (Å²) in [5.41, 5.74) is 1.24. The molecule has 0 spiro atoms. The smallest absolute Gasteiger partial charge is 0.416 e. The lowest BCUT2D eigenvalue weighted by Crippen LogP contribution is -2.14. The van der Waals surface area contributed by atoms with Crippen molar-refractivity contribution in [2.45, 2.75) is 13.1 Å². The van der Waals surface area contributed by atoms with E-state index in [9.17, 15) is 27.2 Å². The average Bonchev–Trinajstić information content (AvgIpc) is 3.33. The highest BCUT2D eigenvalue weighted by molar-refractivity contribution is 6.04. The van der Waals surface area contributed by atoms with Crippen LogP contribution in [0.2, 0.25) is 0 Å². The maximum absolute atomic E-state index is 14.1. The summed E-state index contributed by atoms with van der Waals surface area (Å²) in [5, 5.41) is 6.86. The number of aromatic nitrogens is 4. The normalized spacial score (nSPS) is 11.4. The van der Waals surface area contributed by atoms with E-state index < -0.39 is 29.4 Å². The number of rotatable bonds is 5. The number of pyridine rings is 1. The molecule has 0 atom stereocenters. The van der Waals surface area contributed by atoms with Crippen LogP contribution in [0.3, 0.4) is 0 Å². The van der Waals surface area contributed by atoms with Crippen LogP contribution in [0.25, 0.3) is 28.2 Å². The molecule has 0 bridgehead atoms. The molecule has 2 aromatic carbocycles. The number of nitrogens with zero attached hydrogens (tertiary/aromatic N) is 4. The topological polar surface area (TPSA) is 98.5 Å². The second-order valence-corrected chi connectivity index (χ2v) is 8.71. The summed E-state index contributed by atoms with van der Waals surface area (Å²) in [6, 6.07) is 13.0. The Bertz CT molecular complexity index is 1780. The van der Waals surface area contributed by atoms with Crippen molar-refractivity contribution >= 4 is 23.3 Å². The highest BCUT2D eigenvalue weighted by atomic mass is 19.4. The number of amides is 1. The van der Waals surface area contributed by atoms with Gasteiger partial charge < -0.3 is 10.1 Å². The molecule has 1 N–H and O–H groups in total. The third-order valence-electron chi connectivity index (χ3n) is 6.08. The molecule has 0 aliphatic heterocycles. The number of imidazole rings is 1. The maximum Gasteiger partial charge on any atom is 0.416 e. The Morgan fingerprint density at radius 3 is 2.50 bits per heavy atom. The first-order chi connectivity index (χ1) is 19.1. The number of halogens is 4. The summed E-state index contributed by atoms with van der Waals surface area (Å²) in [7, 11) is 1.23. The molecular formula is C28H19F4N5O3. The first-order valence-corrected chi connectivity index (χ1v) is 11.7. The molecule has 0 radical (unpaired) electrons. The molecule has 3 heterocycles. The van der Waals surface area contributed by atoms with E-state index in [4.69, 9.17) is 4.74 Å². The van der Waals surface area contributed by atoms with E-state index in [1.807, 2.05) is 0 Å². The molecule has 8 nitrogen and oxygen atoms in total. The second kappa shape index (κ2) is 10.2. The lowest BCUT2D eigenvalue weighted by atomic mass is 10.0. The van der Waals surface area contributed by atoms with Crippen molar-refractivity contribution in [3.63, 3.8) is 0 Å². The van der Waals surface area contributed by atoms with E-state index in [1.54, 1.807) is 19.1 Å². The number of hydrogen-bond acceptors (Lipinski definition) is 6. The summed E-state index contributed by atoms with van der Waals surface area (Å²) in [5.74, 6) is -1.81. The van der Waals surface area contributed by atoms with Crippen LogP contribution < -0.4 is 5.32 Å². The van der Waals surface area contributed by atoms with Crippen molar-refractivity contribution in [2.24, 2.45) is 0 Å². The lowest BCUT2D eigenvalue weighted by Gasteiger charge is -2.10. The molecule has 0 aliphatic rings. The van der Waals surface area contributed by atoms with Crippen LogP contribution in [-0.2, 0) is 10.9 Å². The number of anilines is 1. The minimum atomic E-state index is -4.61. The highest BCUT2D eigenvalue weighted by Crippen LogP contribution is 2.35. The molecule has 0 saturated heterocycles. The van der Waals surface area contributed by atoms with Crippen LogP contribution in [0.5, 0.6) is 0 Å². The van der Waals surface area contributed by atoms with Gasteiger partial charge in [0.25, 0.3) is 5.91 Å². The molecule has 5 aromatic rings. The van der Waals surface area contributed by atoms with Gasteiger partial charge >= 0.3 is 12.1 Å². The SMILES string of the molecule is COC(=O)c1ccnn2c(-c3ccnc(NC(=O)c4cccc(C(F)(F)F)c4)c3)c(-c3ccc(F)c(C)c3)nc12. The zero-order chi connectivity index (χ0) is 28.6. The van der Waals surface area contributed by atoms with Gasteiger partial charge in [0.2, 0.25) is 0 Å². The summed E-state index contributed by atoms with van der Waals surface area (Å²) >= 11 is 0. The number of aryl methyl sites for hydroxylation is 1. The monoisotopic (exact) mass is 549 g/mol. The zero-order valence-corrected chi connectivity index (χ0v) is 21.0. The number of nitrogens with one attached hydrogen (secondary N) is 1. The zero-order valence-electron chi connectivity index (χ0n) is 21.0. The van der Waals surface area contributed by atoms with Gasteiger partial charge in [0.15, 0.2) is 5.65 Å². The van der Waals surface area contributed by atoms with Gasteiger partial charge in [0.1, 0.15) is 22.9 Å². The third kappa shape index (κ3) is 4.98. The van der Waals surface area contributed by atoms with E-state index in [-0.39, 0.29) is 22.6 Å². The van der Waals surface area contributed by atoms with Crippen molar-refractivity contribution < 1.29 is 31.9 Å². The van der Waals surface area contributed by atoms with Crippen molar-refractivity contribution in [3.8, 4) is 22.5 Å². The number of hydrogen-bond donors (Lipinski definition) is 1. The van der Waals surface area contributed by atoms with E-state index >= 15 is 0 Å². The third-order valence-corrected chi connectivity index (χ3v) is 6.08. The van der Waals surface area contributed by atoms with Crippen LogP contribution in [0.1, 0.15) is 31.8 Å². The molecule has 12 heteroatoms. The van der Waals surface area contributed by atoms with Crippen molar-refractivity contribution in [1.29, 1.82) is 0 Å². The second-order valence-electron chi connectivity index (χ2n) is 8.71. The van der Waals surface area contributed by atoms with Crippen LogP contribution in [0, 0.1) is 12.7 Å². The van der Waals surface area contributed by atoms with Crippen molar-refractivity contribution in [3.05, 3.63) is 101 Å². The Labute approximate surface area is 224 Å². The quantitative estimate of drug-likeness (QED) is 0.215. The Morgan fingerprint density at radius 1 is 0.975 bits per heavy atom. The number of methoxy groups -OCH3 is 1. The molecule has 0 aliphatic carbocycles. The molecule has 0 saturated carbocycles. The van der Waals surface area contributed by atoms with Gasteiger partial charge in [0, 0.05) is 29.1 Å². The summed E-state index contributed by atoms with van der Waals surface area (Å²) in [6.07, 6.45) is -1.83. The fourth-order valence-corrected chi connectivity index (χ4v) is 4.14. The number of ether oxygens (including phenoxy) is 1. The van der Waals surface area contributed by atoms with Gasteiger partial charge in [-0.05, 0) is 67.1 Å². The van der Waals surface area contributed by atoms with Gasteiger partial charge in [-0.3, -0.25) is 4.79 Å². The molecular weight excluding hydrogens is 530 g/mol. The van der Waals surface area contributed by atoms with E-state index in [0.29, 0.717) is 28.1 Å². The molecule has 3 aromatic heterocycles. The minimum absolute atomic E-state index is 0.0419. The Morgan fingerprint density at radius 2 is 1.77 bits per heavy atom. The molecule has 40 heavy (non-hydrogen) atoms. The molecule has 5 rings (SSSR count). The van der Waals surface area contributed by atoms with Gasteiger partial charge in [0.05, 0.1) is 18.4 Å². The number of fused-ring (bicyclic) bond motifs is 1. The van der Waals surface area contributed by atoms with Gasteiger partial charge in [-0.25, -0.2) is 23.7 Å². The van der Waals surface area contributed by atoms with Crippen LogP contribution >= 0.6 is 0 Å². The number of carbonyl (C=O) groups is 2. The Kier molecular flexibility index (Phi) is 6.76. The van der Waals surface area contributed by atoms with E-state index in [0.717, 1.165) is 18.2 Å². The largest absolute Gasteiger partial charge is 0.465 e. The standard InChI is InChI=1S/C28H19F4N5O3/c1-15-12-16(6-7-21(15)29)23-24(37-25(36-23)20(9-11-34-37)27(39)40-2)17-8-10-33-22(14-17)35-26(38)18-4-3-5-19(13-18)28(30,31)32/h3-14H,1-2H3,(H,33,35,38). The summed E-state index contributed by atoms with van der Waals surface area (Å²) in [4.78, 5) is 34.0. The summed E-state index contributed by atoms with van der Waals surface area (Å²) < 4.78 is 59.7.